The Bertz CT molecular complexity index is 876. The molecule has 27 heavy (non-hydrogen) atoms. The van der Waals surface area contributed by atoms with E-state index in [9.17, 15) is 8.42 Å². The highest BCUT2D eigenvalue weighted by Gasteiger charge is 2.27. The molecule has 0 unspecified atom stereocenters. The number of aromatic nitrogens is 1. The average molecular weight is 387 g/mol. The summed E-state index contributed by atoms with van der Waals surface area (Å²) >= 11 is 0. The molecule has 144 valence electrons. The zero-order valence-electron chi connectivity index (χ0n) is 15.4. The molecule has 0 amide bonds. The van der Waals surface area contributed by atoms with E-state index in [2.05, 4.69) is 9.71 Å². The number of nitrogens with one attached hydrogen (secondary N) is 1. The molecule has 0 radical (unpaired) electrons. The molecule has 4 rings (SSSR count). The van der Waals surface area contributed by atoms with Crippen LogP contribution in [0.15, 0.2) is 47.5 Å². The SMILES string of the molecule is O=S(=O)(NC1CCC(Oc2ccccn2)CC1)c1ccc2c(c1)CCCC2. The third kappa shape index (κ3) is 4.50. The van der Waals surface area contributed by atoms with Gasteiger partial charge >= 0.3 is 0 Å². The summed E-state index contributed by atoms with van der Waals surface area (Å²) in [6.07, 6.45) is 9.41. The van der Waals surface area contributed by atoms with Crippen LogP contribution in [0.25, 0.3) is 0 Å². The molecule has 0 aliphatic heterocycles. The first-order valence-corrected chi connectivity index (χ1v) is 11.3. The Morgan fingerprint density at radius 1 is 0.963 bits per heavy atom. The van der Waals surface area contributed by atoms with Crippen LogP contribution in [0.1, 0.15) is 49.7 Å². The van der Waals surface area contributed by atoms with Gasteiger partial charge in [-0.15, -0.1) is 0 Å². The lowest BCUT2D eigenvalue weighted by molar-refractivity contribution is 0.138. The van der Waals surface area contributed by atoms with Crippen molar-refractivity contribution in [3.8, 4) is 5.88 Å². The zero-order chi connectivity index (χ0) is 18.7. The van der Waals surface area contributed by atoms with E-state index in [1.807, 2.05) is 30.3 Å². The van der Waals surface area contributed by atoms with Gasteiger partial charge in [0.1, 0.15) is 6.10 Å². The fourth-order valence-corrected chi connectivity index (χ4v) is 5.41. The van der Waals surface area contributed by atoms with E-state index in [-0.39, 0.29) is 12.1 Å². The van der Waals surface area contributed by atoms with Gasteiger partial charge in [-0.1, -0.05) is 12.1 Å². The van der Waals surface area contributed by atoms with Gasteiger partial charge < -0.3 is 4.74 Å². The van der Waals surface area contributed by atoms with E-state index in [1.165, 1.54) is 17.5 Å². The summed E-state index contributed by atoms with van der Waals surface area (Å²) in [6.45, 7) is 0. The predicted octanol–water partition coefficient (Wildman–Crippen LogP) is 3.63. The van der Waals surface area contributed by atoms with Gasteiger partial charge in [0, 0.05) is 18.3 Å². The average Bonchev–Trinajstić information content (AvgIpc) is 2.70. The highest BCUT2D eigenvalue weighted by atomic mass is 32.2. The highest BCUT2D eigenvalue weighted by molar-refractivity contribution is 7.89. The van der Waals surface area contributed by atoms with Gasteiger partial charge in [0.15, 0.2) is 0 Å². The first kappa shape index (κ1) is 18.4. The molecule has 1 heterocycles. The normalized spacial score (nSPS) is 22.8. The number of aryl methyl sites for hydroxylation is 2. The Morgan fingerprint density at radius 2 is 1.74 bits per heavy atom. The zero-order valence-corrected chi connectivity index (χ0v) is 16.2. The van der Waals surface area contributed by atoms with Crippen LogP contribution in [-0.2, 0) is 22.9 Å². The molecule has 0 saturated heterocycles. The Hall–Kier alpha value is -1.92. The lowest BCUT2D eigenvalue weighted by atomic mass is 9.92. The molecule has 1 saturated carbocycles. The van der Waals surface area contributed by atoms with Crippen LogP contribution in [0, 0.1) is 0 Å². The maximum Gasteiger partial charge on any atom is 0.240 e. The van der Waals surface area contributed by atoms with Crippen LogP contribution < -0.4 is 9.46 Å². The van der Waals surface area contributed by atoms with Crippen molar-refractivity contribution in [1.82, 2.24) is 9.71 Å². The van der Waals surface area contributed by atoms with Gasteiger partial charge in [0.05, 0.1) is 4.90 Å². The van der Waals surface area contributed by atoms with E-state index in [0.29, 0.717) is 10.8 Å². The van der Waals surface area contributed by atoms with E-state index < -0.39 is 10.0 Å². The quantitative estimate of drug-likeness (QED) is 0.852. The van der Waals surface area contributed by atoms with E-state index in [0.717, 1.165) is 44.9 Å². The van der Waals surface area contributed by atoms with Crippen LogP contribution >= 0.6 is 0 Å². The second-order valence-corrected chi connectivity index (χ2v) is 9.23. The first-order chi connectivity index (χ1) is 13.1. The van der Waals surface area contributed by atoms with Crippen molar-refractivity contribution in [2.24, 2.45) is 0 Å². The lowest BCUT2D eigenvalue weighted by Crippen LogP contribution is -2.39. The number of ether oxygens (including phenoxy) is 1. The van der Waals surface area contributed by atoms with E-state index >= 15 is 0 Å². The summed E-state index contributed by atoms with van der Waals surface area (Å²) in [4.78, 5) is 4.59. The molecule has 1 aromatic heterocycles. The molecule has 2 aliphatic rings. The third-order valence-corrected chi connectivity index (χ3v) is 7.07. The molecule has 1 aromatic carbocycles. The lowest BCUT2D eigenvalue weighted by Gasteiger charge is -2.29. The molecule has 0 atom stereocenters. The number of rotatable bonds is 5. The summed E-state index contributed by atoms with van der Waals surface area (Å²) < 4.78 is 34.4. The smallest absolute Gasteiger partial charge is 0.240 e. The number of pyridine rings is 1. The predicted molar refractivity (Wildman–Crippen MR) is 104 cm³/mol. The minimum Gasteiger partial charge on any atom is -0.474 e. The minimum atomic E-state index is -3.47. The number of hydrogen-bond acceptors (Lipinski definition) is 4. The molecular formula is C21H26N2O3S. The standard InChI is InChI=1S/C21H26N2O3S/c24-27(25,20-13-8-16-5-1-2-6-17(16)15-20)23-18-9-11-19(12-10-18)26-21-7-3-4-14-22-21/h3-4,7-8,13-15,18-19,23H,1-2,5-6,9-12H2. The van der Waals surface area contributed by atoms with Crippen molar-refractivity contribution in [2.75, 3.05) is 0 Å². The van der Waals surface area contributed by atoms with Crippen molar-refractivity contribution < 1.29 is 13.2 Å². The number of nitrogens with zero attached hydrogens (tertiary/aromatic N) is 1. The number of sulfonamides is 1. The number of fused-ring (bicyclic) bond motifs is 1. The Kier molecular flexibility index (Phi) is 5.45. The summed E-state index contributed by atoms with van der Waals surface area (Å²) in [5.74, 6) is 0.635. The molecule has 5 nitrogen and oxygen atoms in total. The fourth-order valence-electron chi connectivity index (χ4n) is 4.05. The van der Waals surface area contributed by atoms with Crippen LogP contribution in [-0.4, -0.2) is 25.5 Å². The van der Waals surface area contributed by atoms with Gasteiger partial charge in [-0.25, -0.2) is 18.1 Å². The Morgan fingerprint density at radius 3 is 2.48 bits per heavy atom. The van der Waals surface area contributed by atoms with Crippen LogP contribution in [0.3, 0.4) is 0 Å². The fraction of sp³-hybridized carbons (Fsp3) is 0.476. The van der Waals surface area contributed by atoms with Crippen molar-refractivity contribution in [3.63, 3.8) is 0 Å². The molecule has 0 spiro atoms. The first-order valence-electron chi connectivity index (χ1n) is 9.82. The van der Waals surface area contributed by atoms with Gasteiger partial charge in [-0.2, -0.15) is 0 Å². The Labute approximate surface area is 161 Å². The van der Waals surface area contributed by atoms with Gasteiger partial charge in [0.25, 0.3) is 0 Å². The van der Waals surface area contributed by atoms with Gasteiger partial charge in [-0.3, -0.25) is 0 Å². The minimum absolute atomic E-state index is 0.0328. The largest absolute Gasteiger partial charge is 0.474 e. The van der Waals surface area contributed by atoms with Crippen LogP contribution in [0.5, 0.6) is 5.88 Å². The molecule has 1 N–H and O–H groups in total. The molecule has 2 aliphatic carbocycles. The topological polar surface area (TPSA) is 68.3 Å². The maximum absolute atomic E-state index is 12.8. The third-order valence-electron chi connectivity index (χ3n) is 5.55. The summed E-state index contributed by atoms with van der Waals surface area (Å²) in [6, 6.07) is 11.2. The van der Waals surface area contributed by atoms with Gasteiger partial charge in [-0.05, 0) is 80.7 Å². The van der Waals surface area contributed by atoms with Gasteiger partial charge in [0.2, 0.25) is 15.9 Å². The number of hydrogen-bond donors (Lipinski definition) is 1. The number of benzene rings is 1. The van der Waals surface area contributed by atoms with Crippen molar-refractivity contribution in [2.45, 2.75) is 68.4 Å². The molecule has 6 heteroatoms. The molecule has 2 aromatic rings. The van der Waals surface area contributed by atoms with E-state index in [4.69, 9.17) is 4.74 Å². The molecule has 0 bridgehead atoms. The van der Waals surface area contributed by atoms with Crippen LogP contribution in [0.4, 0.5) is 0 Å². The van der Waals surface area contributed by atoms with Crippen molar-refractivity contribution in [1.29, 1.82) is 0 Å². The summed E-state index contributed by atoms with van der Waals surface area (Å²) in [5.41, 5.74) is 2.49. The second kappa shape index (κ2) is 7.98. The summed E-state index contributed by atoms with van der Waals surface area (Å²) in [7, 11) is -3.47. The summed E-state index contributed by atoms with van der Waals surface area (Å²) in [5, 5.41) is 0. The molecule has 1 fully saturated rings. The maximum atomic E-state index is 12.8. The highest BCUT2D eigenvalue weighted by Crippen LogP contribution is 2.26. The monoisotopic (exact) mass is 386 g/mol. The van der Waals surface area contributed by atoms with Crippen molar-refractivity contribution >= 4 is 10.0 Å². The Balaban J connectivity index is 1.35. The van der Waals surface area contributed by atoms with E-state index in [1.54, 1.807) is 12.3 Å². The second-order valence-electron chi connectivity index (χ2n) is 7.52. The van der Waals surface area contributed by atoms with Crippen molar-refractivity contribution in [3.05, 3.63) is 53.7 Å². The molecular weight excluding hydrogens is 360 g/mol. The van der Waals surface area contributed by atoms with Crippen LogP contribution in [0.2, 0.25) is 0 Å².